The number of halogens is 1. The standard InChI is InChI=1S/C22H21FN6O/c1-13-6-8-18(23)21-20(13)17(14(2)25-21)10-11-24-19(30)9-7-15-4-3-5-16(12-15)22-26-28-29-27-22/h3-9,12,25H,10-11H2,1-2H3,(H,24,30)(H,26,27,28,29). The summed E-state index contributed by atoms with van der Waals surface area (Å²) in [4.78, 5) is 15.3. The van der Waals surface area contributed by atoms with Gasteiger partial charge in [-0.05, 0) is 60.4 Å². The molecule has 2 aromatic heterocycles. The van der Waals surface area contributed by atoms with Crippen molar-refractivity contribution in [3.05, 3.63) is 70.7 Å². The minimum absolute atomic E-state index is 0.194. The maximum atomic E-state index is 14.1. The monoisotopic (exact) mass is 404 g/mol. The van der Waals surface area contributed by atoms with E-state index in [9.17, 15) is 9.18 Å². The van der Waals surface area contributed by atoms with Crippen molar-refractivity contribution in [2.45, 2.75) is 20.3 Å². The first-order valence-electron chi connectivity index (χ1n) is 9.59. The zero-order valence-electron chi connectivity index (χ0n) is 16.7. The number of nitrogens with zero attached hydrogens (tertiary/aromatic N) is 3. The van der Waals surface area contributed by atoms with E-state index in [4.69, 9.17) is 0 Å². The lowest BCUT2D eigenvalue weighted by atomic mass is 10.0. The Morgan fingerprint density at radius 2 is 2.10 bits per heavy atom. The Morgan fingerprint density at radius 3 is 2.90 bits per heavy atom. The number of fused-ring (bicyclic) bond motifs is 1. The van der Waals surface area contributed by atoms with Crippen molar-refractivity contribution >= 4 is 22.9 Å². The van der Waals surface area contributed by atoms with Gasteiger partial charge in [0.2, 0.25) is 11.7 Å². The first kappa shape index (κ1) is 19.5. The van der Waals surface area contributed by atoms with E-state index in [1.165, 1.54) is 12.1 Å². The summed E-state index contributed by atoms with van der Waals surface area (Å²) in [6, 6.07) is 10.7. The van der Waals surface area contributed by atoms with E-state index < -0.39 is 0 Å². The Labute approximate surface area is 172 Å². The first-order valence-corrected chi connectivity index (χ1v) is 9.59. The van der Waals surface area contributed by atoms with E-state index in [0.717, 1.165) is 33.3 Å². The third kappa shape index (κ3) is 3.98. The van der Waals surface area contributed by atoms with Crippen molar-refractivity contribution in [2.24, 2.45) is 0 Å². The molecule has 2 heterocycles. The van der Waals surface area contributed by atoms with Gasteiger partial charge in [0.1, 0.15) is 5.82 Å². The van der Waals surface area contributed by atoms with Crippen molar-refractivity contribution in [1.29, 1.82) is 0 Å². The predicted octanol–water partition coefficient (Wildman–Crippen LogP) is 3.48. The van der Waals surface area contributed by atoms with Crippen LogP contribution in [0.2, 0.25) is 0 Å². The fourth-order valence-electron chi connectivity index (χ4n) is 3.56. The van der Waals surface area contributed by atoms with E-state index >= 15 is 0 Å². The highest BCUT2D eigenvalue weighted by Crippen LogP contribution is 2.27. The summed E-state index contributed by atoms with van der Waals surface area (Å²) in [7, 11) is 0. The predicted molar refractivity (Wildman–Crippen MR) is 113 cm³/mol. The summed E-state index contributed by atoms with van der Waals surface area (Å²) < 4.78 is 14.1. The topological polar surface area (TPSA) is 99.4 Å². The molecule has 4 aromatic rings. The largest absolute Gasteiger partial charge is 0.356 e. The SMILES string of the molecule is Cc1[nH]c2c(F)ccc(C)c2c1CCNC(=O)C=Cc1cccc(-c2nn[nH]n2)c1. The van der Waals surface area contributed by atoms with Gasteiger partial charge in [-0.2, -0.15) is 5.21 Å². The molecule has 8 heteroatoms. The van der Waals surface area contributed by atoms with Gasteiger partial charge in [0, 0.05) is 29.3 Å². The Hall–Kier alpha value is -3.81. The Morgan fingerprint density at radius 1 is 1.23 bits per heavy atom. The summed E-state index contributed by atoms with van der Waals surface area (Å²) >= 11 is 0. The van der Waals surface area contributed by atoms with Crippen LogP contribution < -0.4 is 5.32 Å². The average Bonchev–Trinajstić information content (AvgIpc) is 3.39. The summed E-state index contributed by atoms with van der Waals surface area (Å²) in [6.07, 6.45) is 3.83. The molecule has 0 aliphatic carbocycles. The number of carbonyl (C=O) groups is 1. The normalized spacial score (nSPS) is 11.4. The molecule has 0 fully saturated rings. The first-order chi connectivity index (χ1) is 14.5. The maximum absolute atomic E-state index is 14.1. The highest BCUT2D eigenvalue weighted by molar-refractivity contribution is 5.92. The van der Waals surface area contributed by atoms with Crippen LogP contribution in [0.1, 0.15) is 22.4 Å². The van der Waals surface area contributed by atoms with Crippen LogP contribution in [0.15, 0.2) is 42.5 Å². The third-order valence-electron chi connectivity index (χ3n) is 5.02. The number of hydrogen-bond donors (Lipinski definition) is 3. The van der Waals surface area contributed by atoms with Crippen LogP contribution in [-0.4, -0.2) is 38.1 Å². The summed E-state index contributed by atoms with van der Waals surface area (Å²) in [6.45, 7) is 4.34. The molecule has 1 amide bonds. The van der Waals surface area contributed by atoms with Gasteiger partial charge in [-0.15, -0.1) is 10.2 Å². The van der Waals surface area contributed by atoms with Gasteiger partial charge >= 0.3 is 0 Å². The van der Waals surface area contributed by atoms with E-state index in [-0.39, 0.29) is 11.7 Å². The van der Waals surface area contributed by atoms with Crippen LogP contribution in [0.3, 0.4) is 0 Å². The molecule has 152 valence electrons. The second kappa shape index (κ2) is 8.28. The molecule has 0 saturated heterocycles. The van der Waals surface area contributed by atoms with Gasteiger partial charge in [-0.1, -0.05) is 24.3 Å². The molecule has 0 radical (unpaired) electrons. The Kier molecular flexibility index (Phi) is 5.38. The lowest BCUT2D eigenvalue weighted by Crippen LogP contribution is -2.23. The Balaban J connectivity index is 1.39. The fraction of sp³-hybridized carbons (Fsp3) is 0.182. The number of aromatic nitrogens is 5. The number of hydrogen-bond acceptors (Lipinski definition) is 4. The van der Waals surface area contributed by atoms with E-state index in [0.29, 0.717) is 24.3 Å². The fourth-order valence-corrected chi connectivity index (χ4v) is 3.56. The van der Waals surface area contributed by atoms with Gasteiger partial charge in [0.05, 0.1) is 5.52 Å². The van der Waals surface area contributed by atoms with Crippen molar-refractivity contribution in [1.82, 2.24) is 30.9 Å². The summed E-state index contributed by atoms with van der Waals surface area (Å²) in [5.41, 5.74) is 5.14. The number of rotatable bonds is 6. The van der Waals surface area contributed by atoms with E-state index in [2.05, 4.69) is 30.9 Å². The number of H-pyrrole nitrogens is 2. The molecule has 0 spiro atoms. The highest BCUT2D eigenvalue weighted by atomic mass is 19.1. The van der Waals surface area contributed by atoms with Crippen molar-refractivity contribution in [3.63, 3.8) is 0 Å². The van der Waals surface area contributed by atoms with Crippen LogP contribution in [0.25, 0.3) is 28.4 Å². The van der Waals surface area contributed by atoms with Crippen LogP contribution in [0.5, 0.6) is 0 Å². The summed E-state index contributed by atoms with van der Waals surface area (Å²) in [5, 5.41) is 17.7. The number of amides is 1. The van der Waals surface area contributed by atoms with Crippen molar-refractivity contribution in [3.8, 4) is 11.4 Å². The number of nitrogens with one attached hydrogen (secondary N) is 3. The molecule has 3 N–H and O–H groups in total. The molecule has 0 unspecified atom stereocenters. The number of aryl methyl sites for hydroxylation is 2. The lowest BCUT2D eigenvalue weighted by molar-refractivity contribution is -0.116. The molecule has 4 rings (SSSR count). The molecule has 0 bridgehead atoms. The molecule has 0 saturated carbocycles. The van der Waals surface area contributed by atoms with Gasteiger partial charge in [-0.25, -0.2) is 4.39 Å². The number of carbonyl (C=O) groups excluding carboxylic acids is 1. The number of tetrazole rings is 1. The van der Waals surface area contributed by atoms with Gasteiger partial charge < -0.3 is 10.3 Å². The van der Waals surface area contributed by atoms with E-state index in [1.807, 2.05) is 38.1 Å². The summed E-state index contributed by atoms with van der Waals surface area (Å²) in [5.74, 6) is 0.0378. The van der Waals surface area contributed by atoms with Crippen LogP contribution >= 0.6 is 0 Å². The molecule has 0 aliphatic rings. The van der Waals surface area contributed by atoms with Gasteiger partial charge in [0.15, 0.2) is 0 Å². The van der Waals surface area contributed by atoms with E-state index in [1.54, 1.807) is 12.1 Å². The molecular weight excluding hydrogens is 383 g/mol. The number of aromatic amines is 2. The average molecular weight is 404 g/mol. The van der Waals surface area contributed by atoms with Crippen molar-refractivity contribution in [2.75, 3.05) is 6.54 Å². The maximum Gasteiger partial charge on any atom is 0.244 e. The van der Waals surface area contributed by atoms with Crippen LogP contribution in [0.4, 0.5) is 4.39 Å². The second-order valence-electron chi connectivity index (χ2n) is 7.08. The van der Waals surface area contributed by atoms with Crippen LogP contribution in [-0.2, 0) is 11.2 Å². The van der Waals surface area contributed by atoms with Gasteiger partial charge in [0.25, 0.3) is 0 Å². The molecule has 0 aliphatic heterocycles. The number of benzene rings is 2. The smallest absolute Gasteiger partial charge is 0.244 e. The minimum Gasteiger partial charge on any atom is -0.356 e. The highest BCUT2D eigenvalue weighted by Gasteiger charge is 2.13. The molecule has 2 aromatic carbocycles. The molecule has 30 heavy (non-hydrogen) atoms. The quantitative estimate of drug-likeness (QED) is 0.429. The lowest BCUT2D eigenvalue weighted by Gasteiger charge is -2.05. The molecule has 7 nitrogen and oxygen atoms in total. The second-order valence-corrected chi connectivity index (χ2v) is 7.08. The minimum atomic E-state index is -0.264. The van der Waals surface area contributed by atoms with Crippen LogP contribution in [0, 0.1) is 19.7 Å². The third-order valence-corrected chi connectivity index (χ3v) is 5.02. The van der Waals surface area contributed by atoms with Gasteiger partial charge in [-0.3, -0.25) is 4.79 Å². The Bertz CT molecular complexity index is 1230. The molecular formula is C22H21FN6O. The van der Waals surface area contributed by atoms with Crippen molar-refractivity contribution < 1.29 is 9.18 Å². The zero-order valence-corrected chi connectivity index (χ0v) is 16.7. The molecule has 0 atom stereocenters. The zero-order chi connectivity index (χ0) is 21.1.